The number of rotatable bonds is 15. The van der Waals surface area contributed by atoms with E-state index >= 15 is 0 Å². The Balaban J connectivity index is 1.74. The van der Waals surface area contributed by atoms with Crippen LogP contribution in [0.5, 0.6) is 5.75 Å². The van der Waals surface area contributed by atoms with E-state index in [0.29, 0.717) is 11.5 Å². The number of unbranched alkanes of at least 4 members (excludes halogenated alkanes) is 4. The minimum atomic E-state index is -3.50. The van der Waals surface area contributed by atoms with Gasteiger partial charge in [-0.05, 0) is 82.8 Å². The van der Waals surface area contributed by atoms with E-state index in [0.717, 1.165) is 63.8 Å². The molecule has 1 aliphatic carbocycles. The van der Waals surface area contributed by atoms with E-state index in [4.69, 9.17) is 9.47 Å². The molecule has 0 aliphatic heterocycles. The third-order valence-electron chi connectivity index (χ3n) is 6.10. The van der Waals surface area contributed by atoms with Crippen LogP contribution in [0.15, 0.2) is 29.2 Å². The maximum Gasteiger partial charge on any atom is 0.243 e. The summed E-state index contributed by atoms with van der Waals surface area (Å²) in [5, 5.41) is 3.17. The van der Waals surface area contributed by atoms with E-state index in [1.807, 2.05) is 7.05 Å². The monoisotopic (exact) mass is 454 g/mol. The molecule has 7 heteroatoms. The lowest BCUT2D eigenvalue weighted by Crippen LogP contribution is -2.40. The van der Waals surface area contributed by atoms with Crippen LogP contribution in [-0.2, 0) is 14.8 Å². The lowest BCUT2D eigenvalue weighted by atomic mass is 9.93. The van der Waals surface area contributed by atoms with E-state index in [1.54, 1.807) is 35.6 Å². The predicted molar refractivity (Wildman–Crippen MR) is 126 cm³/mol. The van der Waals surface area contributed by atoms with Crippen molar-refractivity contribution in [1.82, 2.24) is 9.62 Å². The van der Waals surface area contributed by atoms with Crippen molar-refractivity contribution in [2.75, 3.05) is 33.9 Å². The fraction of sp³-hybridized carbons (Fsp3) is 0.750. The summed E-state index contributed by atoms with van der Waals surface area (Å²) in [7, 11) is 0.196. The second-order valence-electron chi connectivity index (χ2n) is 8.51. The van der Waals surface area contributed by atoms with Gasteiger partial charge in [-0.25, -0.2) is 8.42 Å². The highest BCUT2D eigenvalue weighted by atomic mass is 32.2. The van der Waals surface area contributed by atoms with E-state index in [9.17, 15) is 8.42 Å². The van der Waals surface area contributed by atoms with Crippen LogP contribution >= 0.6 is 0 Å². The summed E-state index contributed by atoms with van der Waals surface area (Å²) in [6, 6.07) is 6.84. The number of nitrogens with zero attached hydrogens (tertiary/aromatic N) is 1. The minimum absolute atomic E-state index is 0.0341. The topological polar surface area (TPSA) is 67.9 Å². The molecule has 0 aromatic heterocycles. The molecule has 1 saturated carbocycles. The average Bonchev–Trinajstić information content (AvgIpc) is 2.79. The zero-order chi connectivity index (χ0) is 22.5. The predicted octanol–water partition coefficient (Wildman–Crippen LogP) is 4.59. The Hall–Kier alpha value is -1.15. The molecule has 0 heterocycles. The van der Waals surface area contributed by atoms with Gasteiger partial charge in [0.25, 0.3) is 0 Å². The summed E-state index contributed by atoms with van der Waals surface area (Å²) in [6.45, 7) is 4.67. The summed E-state index contributed by atoms with van der Waals surface area (Å²) in [5.74, 6) is 0.717. The SMILES string of the molecule is CCCCOc1ccc(S(=O)(=O)N(C)C2CCC(OCCCCCCNC)CC2)cc1. The van der Waals surface area contributed by atoms with Crippen LogP contribution in [0, 0.1) is 0 Å². The Morgan fingerprint density at radius 3 is 2.29 bits per heavy atom. The van der Waals surface area contributed by atoms with Gasteiger partial charge in [-0.15, -0.1) is 0 Å². The Morgan fingerprint density at radius 1 is 0.968 bits per heavy atom. The molecule has 0 amide bonds. The Bertz CT molecular complexity index is 701. The second-order valence-corrected chi connectivity index (χ2v) is 10.5. The maximum absolute atomic E-state index is 13.1. The molecule has 0 saturated heterocycles. The Kier molecular flexibility index (Phi) is 11.9. The second kappa shape index (κ2) is 14.1. The van der Waals surface area contributed by atoms with Crippen LogP contribution in [0.25, 0.3) is 0 Å². The molecular formula is C24H42N2O4S. The van der Waals surface area contributed by atoms with Gasteiger partial charge in [-0.3, -0.25) is 0 Å². The lowest BCUT2D eigenvalue weighted by Gasteiger charge is -2.34. The zero-order valence-corrected chi connectivity index (χ0v) is 20.5. The van der Waals surface area contributed by atoms with Crippen LogP contribution in [0.4, 0.5) is 0 Å². The summed E-state index contributed by atoms with van der Waals surface area (Å²) in [5.41, 5.74) is 0. The molecular weight excluding hydrogens is 412 g/mol. The summed E-state index contributed by atoms with van der Waals surface area (Å²) < 4.78 is 39.3. The molecule has 1 aliphatic rings. The number of ether oxygens (including phenoxy) is 2. The summed E-state index contributed by atoms with van der Waals surface area (Å²) in [6.07, 6.45) is 10.7. The van der Waals surface area contributed by atoms with Crippen LogP contribution in [0.3, 0.4) is 0 Å². The van der Waals surface area contributed by atoms with Gasteiger partial charge in [-0.2, -0.15) is 4.31 Å². The first kappa shape index (κ1) is 26.1. The quantitative estimate of drug-likeness (QED) is 0.393. The summed E-state index contributed by atoms with van der Waals surface area (Å²) >= 11 is 0. The number of nitrogens with one attached hydrogen (secondary N) is 1. The third-order valence-corrected chi connectivity index (χ3v) is 8.02. The molecule has 2 rings (SSSR count). The van der Waals surface area contributed by atoms with Crippen molar-refractivity contribution in [2.45, 2.75) is 88.2 Å². The molecule has 178 valence electrons. The zero-order valence-electron chi connectivity index (χ0n) is 19.6. The van der Waals surface area contributed by atoms with Crippen molar-refractivity contribution in [3.05, 3.63) is 24.3 Å². The van der Waals surface area contributed by atoms with Gasteiger partial charge in [0.15, 0.2) is 0 Å². The van der Waals surface area contributed by atoms with Gasteiger partial charge in [-0.1, -0.05) is 26.2 Å². The van der Waals surface area contributed by atoms with Crippen molar-refractivity contribution in [1.29, 1.82) is 0 Å². The van der Waals surface area contributed by atoms with Gasteiger partial charge in [0, 0.05) is 19.7 Å². The largest absolute Gasteiger partial charge is 0.494 e. The average molecular weight is 455 g/mol. The van der Waals surface area contributed by atoms with E-state index in [2.05, 4.69) is 12.2 Å². The van der Waals surface area contributed by atoms with Crippen LogP contribution in [-0.4, -0.2) is 58.7 Å². The van der Waals surface area contributed by atoms with Crippen molar-refractivity contribution < 1.29 is 17.9 Å². The highest BCUT2D eigenvalue weighted by Gasteiger charge is 2.31. The summed E-state index contributed by atoms with van der Waals surface area (Å²) in [4.78, 5) is 0.328. The smallest absolute Gasteiger partial charge is 0.243 e. The number of sulfonamides is 1. The first-order chi connectivity index (χ1) is 15.0. The fourth-order valence-corrected chi connectivity index (χ4v) is 5.40. The molecule has 0 radical (unpaired) electrons. The van der Waals surface area contributed by atoms with Gasteiger partial charge in [0.2, 0.25) is 10.0 Å². The molecule has 1 aromatic rings. The minimum Gasteiger partial charge on any atom is -0.494 e. The van der Waals surface area contributed by atoms with Crippen LogP contribution in [0.1, 0.15) is 71.1 Å². The molecule has 0 atom stereocenters. The molecule has 0 bridgehead atoms. The molecule has 6 nitrogen and oxygen atoms in total. The first-order valence-corrected chi connectivity index (χ1v) is 13.4. The van der Waals surface area contributed by atoms with E-state index < -0.39 is 10.0 Å². The Morgan fingerprint density at radius 2 is 1.65 bits per heavy atom. The molecule has 0 unspecified atom stereocenters. The standard InChI is InChI=1S/C24H42N2O4S/c1-4-5-19-29-23-14-16-24(17-15-23)31(27,28)26(3)21-10-12-22(13-11-21)30-20-9-7-6-8-18-25-2/h14-17,21-22,25H,4-13,18-20H2,1-3H3. The lowest BCUT2D eigenvalue weighted by molar-refractivity contribution is 0.0157. The third kappa shape index (κ3) is 8.72. The van der Waals surface area contributed by atoms with Gasteiger partial charge < -0.3 is 14.8 Å². The van der Waals surface area contributed by atoms with Crippen LogP contribution in [0.2, 0.25) is 0 Å². The van der Waals surface area contributed by atoms with Gasteiger partial charge in [0.05, 0.1) is 17.6 Å². The molecule has 31 heavy (non-hydrogen) atoms. The van der Waals surface area contributed by atoms with Gasteiger partial charge >= 0.3 is 0 Å². The highest BCUT2D eigenvalue weighted by molar-refractivity contribution is 7.89. The first-order valence-electron chi connectivity index (χ1n) is 12.0. The maximum atomic E-state index is 13.1. The Labute approximate surface area is 189 Å². The van der Waals surface area contributed by atoms with E-state index in [1.165, 1.54) is 19.3 Å². The molecule has 1 fully saturated rings. The van der Waals surface area contributed by atoms with Crippen molar-refractivity contribution in [2.24, 2.45) is 0 Å². The number of hydrogen-bond acceptors (Lipinski definition) is 5. The van der Waals surface area contributed by atoms with E-state index in [-0.39, 0.29) is 12.1 Å². The molecule has 1 N–H and O–H groups in total. The fourth-order valence-electron chi connectivity index (χ4n) is 3.99. The normalized spacial score (nSPS) is 19.6. The van der Waals surface area contributed by atoms with Crippen molar-refractivity contribution in [3.63, 3.8) is 0 Å². The molecule has 0 spiro atoms. The molecule has 1 aromatic carbocycles. The number of benzene rings is 1. The van der Waals surface area contributed by atoms with Crippen molar-refractivity contribution in [3.8, 4) is 5.75 Å². The van der Waals surface area contributed by atoms with Crippen molar-refractivity contribution >= 4 is 10.0 Å². The van der Waals surface area contributed by atoms with Gasteiger partial charge in [0.1, 0.15) is 5.75 Å². The number of hydrogen-bond donors (Lipinski definition) is 1. The highest BCUT2D eigenvalue weighted by Crippen LogP contribution is 2.29. The van der Waals surface area contributed by atoms with Crippen LogP contribution < -0.4 is 10.1 Å².